The fraction of sp³-hybridized carbons (Fsp3) is 0.235. The van der Waals surface area contributed by atoms with Crippen LogP contribution in [0.5, 0.6) is 0 Å². The molecule has 7 nitrogen and oxygen atoms in total. The summed E-state index contributed by atoms with van der Waals surface area (Å²) in [4.78, 5) is 25.6. The van der Waals surface area contributed by atoms with E-state index in [1.165, 1.54) is 0 Å². The molecule has 1 aromatic carbocycles. The van der Waals surface area contributed by atoms with Crippen LogP contribution < -0.4 is 11.1 Å². The number of nitrogens with zero attached hydrogens (tertiary/aromatic N) is 1. The summed E-state index contributed by atoms with van der Waals surface area (Å²) in [6, 6.07) is 8.84. The Morgan fingerprint density at radius 1 is 1.38 bits per heavy atom. The van der Waals surface area contributed by atoms with Gasteiger partial charge in [-0.2, -0.15) is 5.26 Å². The van der Waals surface area contributed by atoms with Gasteiger partial charge in [-0.3, -0.25) is 4.79 Å². The molecule has 7 heteroatoms. The Morgan fingerprint density at radius 2 is 2.12 bits per heavy atom. The van der Waals surface area contributed by atoms with Gasteiger partial charge in [-0.25, -0.2) is 4.79 Å². The molecule has 0 saturated heterocycles. The zero-order valence-electron chi connectivity index (χ0n) is 12.8. The van der Waals surface area contributed by atoms with E-state index in [9.17, 15) is 14.9 Å². The molecule has 1 amide bonds. The van der Waals surface area contributed by atoms with E-state index in [0.717, 1.165) is 0 Å². The average molecular weight is 323 g/mol. The van der Waals surface area contributed by atoms with Crippen molar-refractivity contribution in [1.29, 1.82) is 5.26 Å². The molecule has 3 N–H and O–H groups in total. The maximum Gasteiger partial charge on any atom is 0.339 e. The van der Waals surface area contributed by atoms with E-state index < -0.39 is 23.4 Å². The van der Waals surface area contributed by atoms with Crippen LogP contribution in [0.25, 0.3) is 0 Å². The number of benzene rings is 1. The molecule has 1 spiro atoms. The van der Waals surface area contributed by atoms with Gasteiger partial charge >= 0.3 is 5.97 Å². The van der Waals surface area contributed by atoms with Crippen LogP contribution >= 0.6 is 0 Å². The predicted molar refractivity (Wildman–Crippen MR) is 81.9 cm³/mol. The van der Waals surface area contributed by atoms with E-state index in [1.807, 2.05) is 6.07 Å². The fourth-order valence-electron chi connectivity index (χ4n) is 3.60. The van der Waals surface area contributed by atoms with E-state index in [0.29, 0.717) is 11.3 Å². The highest BCUT2D eigenvalue weighted by Crippen LogP contribution is 2.53. The first kappa shape index (κ1) is 14.3. The maximum atomic E-state index is 13.0. The van der Waals surface area contributed by atoms with E-state index in [2.05, 4.69) is 5.32 Å². The number of nitriles is 1. The lowest BCUT2D eigenvalue weighted by Gasteiger charge is -2.37. The van der Waals surface area contributed by atoms with Gasteiger partial charge in [0.1, 0.15) is 29.1 Å². The molecule has 0 aliphatic carbocycles. The number of esters is 1. The van der Waals surface area contributed by atoms with Gasteiger partial charge in [0.25, 0.3) is 0 Å². The molecule has 3 aliphatic heterocycles. The van der Waals surface area contributed by atoms with Crippen molar-refractivity contribution in [3.05, 3.63) is 52.6 Å². The van der Waals surface area contributed by atoms with Gasteiger partial charge in [0.2, 0.25) is 11.8 Å². The maximum absolute atomic E-state index is 13.0. The van der Waals surface area contributed by atoms with Crippen LogP contribution in [0.1, 0.15) is 18.9 Å². The summed E-state index contributed by atoms with van der Waals surface area (Å²) in [5.74, 6) is -1.06. The molecular weight excluding hydrogens is 310 g/mol. The van der Waals surface area contributed by atoms with Crippen molar-refractivity contribution >= 4 is 17.6 Å². The number of cyclic esters (lactones) is 1. The van der Waals surface area contributed by atoms with Gasteiger partial charge < -0.3 is 20.5 Å². The summed E-state index contributed by atoms with van der Waals surface area (Å²) >= 11 is 0. The lowest BCUT2D eigenvalue weighted by atomic mass is 9.67. The Balaban J connectivity index is 2.10. The van der Waals surface area contributed by atoms with Gasteiger partial charge in [0, 0.05) is 17.7 Å². The number of nitrogens with one attached hydrogen (secondary N) is 1. The zero-order valence-corrected chi connectivity index (χ0v) is 12.8. The van der Waals surface area contributed by atoms with Crippen LogP contribution in [0.3, 0.4) is 0 Å². The smallest absolute Gasteiger partial charge is 0.339 e. The van der Waals surface area contributed by atoms with Gasteiger partial charge in [0.15, 0.2) is 5.41 Å². The second kappa shape index (κ2) is 4.61. The van der Waals surface area contributed by atoms with Crippen LogP contribution in [0.2, 0.25) is 0 Å². The van der Waals surface area contributed by atoms with Crippen molar-refractivity contribution in [3.8, 4) is 6.07 Å². The van der Waals surface area contributed by atoms with Crippen LogP contribution in [0.4, 0.5) is 5.69 Å². The van der Waals surface area contributed by atoms with Crippen LogP contribution in [-0.4, -0.2) is 18.0 Å². The lowest BCUT2D eigenvalue weighted by Crippen LogP contribution is -2.48. The SMILES string of the molecule is CC1CC2=C(C(=O)O1)C1(C(=O)Nc3ccccc31)C(C#N)=C(N)O2. The number of rotatable bonds is 0. The van der Waals surface area contributed by atoms with E-state index in [-0.39, 0.29) is 29.2 Å². The van der Waals surface area contributed by atoms with Crippen molar-refractivity contribution in [2.24, 2.45) is 5.73 Å². The first-order valence-electron chi connectivity index (χ1n) is 7.44. The molecule has 0 aromatic heterocycles. The molecule has 120 valence electrons. The summed E-state index contributed by atoms with van der Waals surface area (Å²) in [6.45, 7) is 1.72. The van der Waals surface area contributed by atoms with Crippen molar-refractivity contribution in [3.63, 3.8) is 0 Å². The van der Waals surface area contributed by atoms with Crippen molar-refractivity contribution in [2.45, 2.75) is 24.9 Å². The molecular formula is C17H13N3O4. The van der Waals surface area contributed by atoms with Crippen molar-refractivity contribution in [2.75, 3.05) is 5.32 Å². The Bertz CT molecular complexity index is 909. The summed E-state index contributed by atoms with van der Waals surface area (Å²) in [5.41, 5.74) is 5.27. The highest BCUT2D eigenvalue weighted by atomic mass is 16.6. The number of hydrogen-bond acceptors (Lipinski definition) is 6. The van der Waals surface area contributed by atoms with E-state index in [4.69, 9.17) is 15.2 Å². The minimum Gasteiger partial charge on any atom is -0.459 e. The second-order valence-electron chi connectivity index (χ2n) is 5.92. The molecule has 24 heavy (non-hydrogen) atoms. The summed E-state index contributed by atoms with van der Waals surface area (Å²) < 4.78 is 10.8. The van der Waals surface area contributed by atoms with Gasteiger partial charge in [-0.15, -0.1) is 0 Å². The molecule has 3 aliphatic rings. The zero-order chi connectivity index (χ0) is 17.1. The molecule has 1 aromatic rings. The normalized spacial score (nSPS) is 27.9. The van der Waals surface area contributed by atoms with Crippen LogP contribution in [0, 0.1) is 11.3 Å². The Morgan fingerprint density at radius 3 is 2.88 bits per heavy atom. The molecule has 2 atom stereocenters. The number of amides is 1. The molecule has 2 unspecified atom stereocenters. The quantitative estimate of drug-likeness (QED) is 0.693. The van der Waals surface area contributed by atoms with Crippen molar-refractivity contribution < 1.29 is 19.1 Å². The number of carbonyl (C=O) groups excluding carboxylic acids is 2. The minimum atomic E-state index is -1.62. The summed E-state index contributed by atoms with van der Waals surface area (Å²) in [7, 11) is 0. The topological polar surface area (TPSA) is 114 Å². The standard InChI is InChI=1S/C17H13N3O4/c1-8-6-12-13(15(21)23-8)17(10(7-18)14(19)24-12)9-4-2-3-5-11(9)20-16(17)22/h2-5,8H,6,19H2,1H3,(H,20,22). The monoisotopic (exact) mass is 323 g/mol. The number of fused-ring (bicyclic) bond motifs is 3. The Kier molecular flexibility index (Phi) is 2.76. The first-order chi connectivity index (χ1) is 11.5. The lowest BCUT2D eigenvalue weighted by molar-refractivity contribution is -0.148. The number of carbonyl (C=O) groups is 2. The fourth-order valence-corrected chi connectivity index (χ4v) is 3.60. The van der Waals surface area contributed by atoms with Gasteiger partial charge in [0.05, 0.1) is 0 Å². The minimum absolute atomic E-state index is 0.0359. The number of anilines is 1. The summed E-state index contributed by atoms with van der Waals surface area (Å²) in [5, 5.41) is 12.4. The molecule has 3 heterocycles. The molecule has 0 radical (unpaired) electrons. The third kappa shape index (κ3) is 1.55. The molecule has 0 fully saturated rings. The van der Waals surface area contributed by atoms with Crippen LogP contribution in [0.15, 0.2) is 47.1 Å². The Labute approximate surface area is 137 Å². The van der Waals surface area contributed by atoms with E-state index in [1.54, 1.807) is 31.2 Å². The van der Waals surface area contributed by atoms with Gasteiger partial charge in [-0.1, -0.05) is 18.2 Å². The number of para-hydroxylation sites is 1. The second-order valence-corrected chi connectivity index (χ2v) is 5.92. The average Bonchev–Trinajstić information content (AvgIpc) is 2.80. The van der Waals surface area contributed by atoms with E-state index >= 15 is 0 Å². The predicted octanol–water partition coefficient (Wildman–Crippen LogP) is 1.19. The van der Waals surface area contributed by atoms with Crippen molar-refractivity contribution in [1.82, 2.24) is 0 Å². The number of hydrogen-bond donors (Lipinski definition) is 2. The highest BCUT2D eigenvalue weighted by Gasteiger charge is 2.61. The number of ether oxygens (including phenoxy) is 2. The largest absolute Gasteiger partial charge is 0.459 e. The van der Waals surface area contributed by atoms with Gasteiger partial charge in [-0.05, 0) is 13.0 Å². The summed E-state index contributed by atoms with van der Waals surface area (Å²) in [6.07, 6.45) is -0.109. The third-order valence-electron chi connectivity index (χ3n) is 4.53. The first-order valence-corrected chi connectivity index (χ1v) is 7.44. The van der Waals surface area contributed by atoms with Crippen LogP contribution in [-0.2, 0) is 24.5 Å². The molecule has 0 saturated carbocycles. The molecule has 4 rings (SSSR count). The highest BCUT2D eigenvalue weighted by molar-refractivity contribution is 6.17. The Hall–Kier alpha value is -3.27. The molecule has 0 bridgehead atoms. The number of nitrogens with two attached hydrogens (primary N) is 1. The third-order valence-corrected chi connectivity index (χ3v) is 4.53.